The molecule has 1 saturated heterocycles. The molecule has 2 aromatic carbocycles. The van der Waals surface area contributed by atoms with Gasteiger partial charge >= 0.3 is 0 Å². The maximum atomic E-state index is 13.4. The van der Waals surface area contributed by atoms with Crippen LogP contribution in [0.2, 0.25) is 0 Å². The van der Waals surface area contributed by atoms with E-state index in [2.05, 4.69) is 47.4 Å². The molecule has 1 unspecified atom stereocenters. The summed E-state index contributed by atoms with van der Waals surface area (Å²) in [5, 5.41) is 0. The van der Waals surface area contributed by atoms with Crippen LogP contribution in [-0.2, 0) is 13.5 Å². The molecule has 28 heavy (non-hydrogen) atoms. The molecule has 0 spiro atoms. The number of hydrogen-bond donors (Lipinski definition) is 0. The van der Waals surface area contributed by atoms with Gasteiger partial charge in [-0.05, 0) is 61.5 Å². The molecule has 1 aromatic heterocycles. The summed E-state index contributed by atoms with van der Waals surface area (Å²) in [5.41, 5.74) is 3.29. The third-order valence-corrected chi connectivity index (χ3v) is 5.94. The van der Waals surface area contributed by atoms with Gasteiger partial charge in [-0.3, -0.25) is 9.69 Å². The number of benzene rings is 2. The van der Waals surface area contributed by atoms with Crippen LogP contribution in [0.5, 0.6) is 0 Å². The predicted molar refractivity (Wildman–Crippen MR) is 113 cm³/mol. The fourth-order valence-corrected chi connectivity index (χ4v) is 4.38. The van der Waals surface area contributed by atoms with Crippen molar-refractivity contribution in [1.29, 1.82) is 0 Å². The van der Waals surface area contributed by atoms with Gasteiger partial charge < -0.3 is 4.57 Å². The molecule has 3 aromatic rings. The van der Waals surface area contributed by atoms with Crippen LogP contribution < -0.4 is 0 Å². The first kappa shape index (κ1) is 18.7. The van der Waals surface area contributed by atoms with Crippen LogP contribution in [0.15, 0.2) is 79.0 Å². The first-order chi connectivity index (χ1) is 13.7. The summed E-state index contributed by atoms with van der Waals surface area (Å²) in [7, 11) is 1.95. The monoisotopic (exact) mass is 372 g/mol. The lowest BCUT2D eigenvalue weighted by Crippen LogP contribution is -2.41. The highest BCUT2D eigenvalue weighted by molar-refractivity contribution is 5.99. The standard InChI is InChI=1S/C25H28N2O/c1-26-16-8-13-23(26)25(28)24(22-11-6-3-7-12-22)27-17-14-21(15-18-27)19-20-9-4-2-5-10-20/h2-13,16,21,24H,14-15,17-19H2,1H3. The quantitative estimate of drug-likeness (QED) is 0.575. The number of Topliss-reactive ketones (excluding diaryl/α,β-unsaturated/α-hetero) is 1. The van der Waals surface area contributed by atoms with Crippen LogP contribution in [-0.4, -0.2) is 28.3 Å². The highest BCUT2D eigenvalue weighted by Gasteiger charge is 2.32. The summed E-state index contributed by atoms with van der Waals surface area (Å²) in [5.74, 6) is 0.889. The van der Waals surface area contributed by atoms with E-state index in [1.54, 1.807) is 0 Å². The second-order valence-electron chi connectivity index (χ2n) is 7.85. The normalized spacial score (nSPS) is 16.8. The zero-order valence-corrected chi connectivity index (χ0v) is 16.5. The summed E-state index contributed by atoms with van der Waals surface area (Å²) in [6.45, 7) is 1.93. The molecule has 3 heteroatoms. The van der Waals surface area contributed by atoms with Crippen molar-refractivity contribution in [3.05, 3.63) is 95.8 Å². The molecule has 3 nitrogen and oxygen atoms in total. The first-order valence-electron chi connectivity index (χ1n) is 10.2. The van der Waals surface area contributed by atoms with E-state index in [-0.39, 0.29) is 11.8 Å². The number of carbonyl (C=O) groups excluding carboxylic acids is 1. The number of carbonyl (C=O) groups is 1. The molecule has 0 aliphatic carbocycles. The highest BCUT2D eigenvalue weighted by Crippen LogP contribution is 2.31. The van der Waals surface area contributed by atoms with E-state index in [0.29, 0.717) is 5.92 Å². The highest BCUT2D eigenvalue weighted by atomic mass is 16.1. The van der Waals surface area contributed by atoms with Crippen LogP contribution >= 0.6 is 0 Å². The second kappa shape index (κ2) is 8.57. The number of nitrogens with zero attached hydrogens (tertiary/aromatic N) is 2. The fourth-order valence-electron chi connectivity index (χ4n) is 4.38. The van der Waals surface area contributed by atoms with Gasteiger partial charge in [0.25, 0.3) is 0 Å². The van der Waals surface area contributed by atoms with E-state index >= 15 is 0 Å². The molecule has 0 radical (unpaired) electrons. The molecule has 1 fully saturated rings. The number of aryl methyl sites for hydroxylation is 1. The first-order valence-corrected chi connectivity index (χ1v) is 10.2. The van der Waals surface area contributed by atoms with Gasteiger partial charge in [0.15, 0.2) is 0 Å². The van der Waals surface area contributed by atoms with Crippen LogP contribution in [0, 0.1) is 5.92 Å². The molecule has 1 aliphatic rings. The van der Waals surface area contributed by atoms with Crippen LogP contribution in [0.3, 0.4) is 0 Å². The molecule has 0 amide bonds. The molecule has 1 aliphatic heterocycles. The van der Waals surface area contributed by atoms with Gasteiger partial charge in [-0.15, -0.1) is 0 Å². The van der Waals surface area contributed by atoms with Gasteiger partial charge in [0.05, 0.1) is 5.69 Å². The number of ketones is 1. The molecule has 0 N–H and O–H groups in total. The Morgan fingerprint density at radius 2 is 1.57 bits per heavy atom. The minimum absolute atomic E-state index is 0.195. The van der Waals surface area contributed by atoms with Crippen LogP contribution in [0.25, 0.3) is 0 Å². The topological polar surface area (TPSA) is 25.2 Å². The van der Waals surface area contributed by atoms with Gasteiger partial charge in [-0.25, -0.2) is 0 Å². The zero-order chi connectivity index (χ0) is 19.3. The Kier molecular flexibility index (Phi) is 5.73. The Morgan fingerprint density at radius 1 is 0.929 bits per heavy atom. The molecule has 144 valence electrons. The molecule has 2 heterocycles. The summed E-state index contributed by atoms with van der Waals surface area (Å²) in [4.78, 5) is 15.8. The summed E-state index contributed by atoms with van der Waals surface area (Å²) in [6.07, 6.45) is 5.36. The lowest BCUT2D eigenvalue weighted by molar-refractivity contribution is 0.0732. The summed E-state index contributed by atoms with van der Waals surface area (Å²) < 4.78 is 1.93. The minimum atomic E-state index is -0.201. The van der Waals surface area contributed by atoms with Crippen molar-refractivity contribution in [3.63, 3.8) is 0 Å². The zero-order valence-electron chi connectivity index (χ0n) is 16.5. The van der Waals surface area contributed by atoms with Crippen molar-refractivity contribution >= 4 is 5.78 Å². The number of piperidine rings is 1. The average molecular weight is 373 g/mol. The van der Waals surface area contributed by atoms with Gasteiger partial charge in [-0.2, -0.15) is 0 Å². The number of aromatic nitrogens is 1. The molecule has 0 saturated carbocycles. The number of rotatable bonds is 6. The van der Waals surface area contributed by atoms with E-state index in [9.17, 15) is 4.79 Å². The van der Waals surface area contributed by atoms with E-state index in [4.69, 9.17) is 0 Å². The number of hydrogen-bond acceptors (Lipinski definition) is 2. The average Bonchev–Trinajstić information content (AvgIpc) is 3.17. The van der Waals surface area contributed by atoms with Crippen molar-refractivity contribution in [3.8, 4) is 0 Å². The third kappa shape index (κ3) is 4.10. The lowest BCUT2D eigenvalue weighted by atomic mass is 9.88. The minimum Gasteiger partial charge on any atom is -0.348 e. The van der Waals surface area contributed by atoms with Gasteiger partial charge in [-0.1, -0.05) is 60.7 Å². The molecular formula is C25H28N2O. The van der Waals surface area contributed by atoms with Crippen molar-refractivity contribution in [2.75, 3.05) is 13.1 Å². The Hall–Kier alpha value is -2.65. The van der Waals surface area contributed by atoms with Gasteiger partial charge in [0.1, 0.15) is 6.04 Å². The second-order valence-corrected chi connectivity index (χ2v) is 7.85. The van der Waals surface area contributed by atoms with Gasteiger partial charge in [0, 0.05) is 13.2 Å². The Bertz CT molecular complexity index is 893. The van der Waals surface area contributed by atoms with Gasteiger partial charge in [0.2, 0.25) is 5.78 Å². The van der Waals surface area contributed by atoms with Crippen LogP contribution in [0.4, 0.5) is 0 Å². The van der Waals surface area contributed by atoms with E-state index in [1.807, 2.05) is 48.1 Å². The van der Waals surface area contributed by atoms with E-state index in [0.717, 1.165) is 43.6 Å². The SMILES string of the molecule is Cn1cccc1C(=O)C(c1ccccc1)N1CCC(Cc2ccccc2)CC1. The van der Waals surface area contributed by atoms with Crippen LogP contribution in [0.1, 0.15) is 40.5 Å². The molecule has 4 rings (SSSR count). The predicted octanol–water partition coefficient (Wildman–Crippen LogP) is 4.90. The molecule has 0 bridgehead atoms. The van der Waals surface area contributed by atoms with Crippen molar-refractivity contribution < 1.29 is 4.79 Å². The van der Waals surface area contributed by atoms with Crippen molar-refractivity contribution in [2.24, 2.45) is 13.0 Å². The largest absolute Gasteiger partial charge is 0.348 e. The smallest absolute Gasteiger partial charge is 0.200 e. The summed E-state index contributed by atoms with van der Waals surface area (Å²) >= 11 is 0. The number of likely N-dealkylation sites (tertiary alicyclic amines) is 1. The van der Waals surface area contributed by atoms with E-state index < -0.39 is 0 Å². The molecular weight excluding hydrogens is 344 g/mol. The lowest BCUT2D eigenvalue weighted by Gasteiger charge is -2.37. The van der Waals surface area contributed by atoms with Crippen molar-refractivity contribution in [1.82, 2.24) is 9.47 Å². The fraction of sp³-hybridized carbons (Fsp3) is 0.320. The third-order valence-electron chi connectivity index (χ3n) is 5.94. The summed E-state index contributed by atoms with van der Waals surface area (Å²) in [6, 6.07) is 24.7. The Morgan fingerprint density at radius 3 is 2.18 bits per heavy atom. The molecule has 1 atom stereocenters. The van der Waals surface area contributed by atoms with E-state index in [1.165, 1.54) is 5.56 Å². The maximum Gasteiger partial charge on any atom is 0.200 e. The maximum absolute atomic E-state index is 13.4. The Labute approximate surface area is 167 Å². The Balaban J connectivity index is 1.50. The van der Waals surface area contributed by atoms with Crippen molar-refractivity contribution in [2.45, 2.75) is 25.3 Å².